The zero-order valence-corrected chi connectivity index (χ0v) is 18.5. The van der Waals surface area contributed by atoms with Crippen LogP contribution in [-0.4, -0.2) is 42.3 Å². The first-order valence-electron chi connectivity index (χ1n) is 10.5. The van der Waals surface area contributed by atoms with Crippen LogP contribution in [0.5, 0.6) is 0 Å². The van der Waals surface area contributed by atoms with Crippen LogP contribution in [0.2, 0.25) is 0 Å². The monoisotopic (exact) mass is 473 g/mol. The summed E-state index contributed by atoms with van der Waals surface area (Å²) in [6.45, 7) is 0.195. The van der Waals surface area contributed by atoms with Crippen molar-refractivity contribution >= 4 is 23.1 Å². The van der Waals surface area contributed by atoms with Gasteiger partial charge in [-0.3, -0.25) is 19.1 Å². The molecule has 34 heavy (non-hydrogen) atoms. The molecule has 1 heterocycles. The van der Waals surface area contributed by atoms with Crippen molar-refractivity contribution in [1.29, 1.82) is 0 Å². The Labute approximate surface area is 193 Å². The van der Waals surface area contributed by atoms with Crippen LogP contribution in [0.1, 0.15) is 12.0 Å². The van der Waals surface area contributed by atoms with Gasteiger partial charge >= 0.3 is 5.69 Å². The molecule has 3 rings (SSSR count). The molecule has 3 aromatic rings. The minimum atomic E-state index is -0.811. The number of aromatic nitrogens is 2. The van der Waals surface area contributed by atoms with Gasteiger partial charge in [-0.15, -0.1) is 0 Å². The number of carbonyl (C=O) groups excluding carboxylic acids is 1. The lowest BCUT2D eigenvalue weighted by Crippen LogP contribution is -2.42. The van der Waals surface area contributed by atoms with Gasteiger partial charge in [0.15, 0.2) is 0 Å². The molecule has 0 unspecified atom stereocenters. The molecule has 0 aliphatic carbocycles. The number of H-pyrrole nitrogens is 1. The summed E-state index contributed by atoms with van der Waals surface area (Å²) >= 11 is 0. The average Bonchev–Trinajstić information content (AvgIpc) is 2.79. The summed E-state index contributed by atoms with van der Waals surface area (Å²) in [7, 11) is 1.50. The fraction of sp³-hybridized carbons (Fsp3) is 0.261. The van der Waals surface area contributed by atoms with Crippen LogP contribution in [0.15, 0.2) is 58.1 Å². The number of nitrogens with zero attached hydrogens (tertiary/aromatic N) is 2. The number of carbonyl (C=O) groups is 1. The molecule has 0 spiro atoms. The highest BCUT2D eigenvalue weighted by Gasteiger charge is 2.22. The van der Waals surface area contributed by atoms with Gasteiger partial charge < -0.3 is 20.7 Å². The Hall–Kier alpha value is -3.99. The summed E-state index contributed by atoms with van der Waals surface area (Å²) in [6, 6.07) is 11.7. The van der Waals surface area contributed by atoms with Crippen molar-refractivity contribution in [3.05, 3.63) is 86.6 Å². The van der Waals surface area contributed by atoms with Crippen molar-refractivity contribution in [3.8, 4) is 0 Å². The second-order valence-electron chi connectivity index (χ2n) is 7.51. The number of anilines is 3. The van der Waals surface area contributed by atoms with E-state index < -0.39 is 35.3 Å². The SMILES string of the molecule is COCCCN(CC(=O)Nc1cc(F)ccc1F)c1c(N)n(Cc2ccccc2)c(=O)[nH]c1=O. The third-order valence-corrected chi connectivity index (χ3v) is 5.03. The van der Waals surface area contributed by atoms with E-state index in [1.165, 1.54) is 16.6 Å². The third kappa shape index (κ3) is 6.07. The topological polar surface area (TPSA) is 122 Å². The number of nitrogens with one attached hydrogen (secondary N) is 2. The van der Waals surface area contributed by atoms with E-state index in [4.69, 9.17) is 10.5 Å². The normalized spacial score (nSPS) is 10.8. The number of benzene rings is 2. The molecular weight excluding hydrogens is 448 g/mol. The van der Waals surface area contributed by atoms with Gasteiger partial charge in [-0.1, -0.05) is 30.3 Å². The Kier molecular flexibility index (Phi) is 8.14. The molecule has 1 amide bonds. The molecule has 4 N–H and O–H groups in total. The smallest absolute Gasteiger partial charge is 0.330 e. The van der Waals surface area contributed by atoms with Gasteiger partial charge in [-0.2, -0.15) is 0 Å². The molecule has 11 heteroatoms. The number of amides is 1. The van der Waals surface area contributed by atoms with Crippen LogP contribution in [0.4, 0.5) is 26.0 Å². The minimum Gasteiger partial charge on any atom is -0.385 e. The molecule has 0 saturated heterocycles. The summed E-state index contributed by atoms with van der Waals surface area (Å²) in [6.07, 6.45) is 0.425. The molecule has 0 atom stereocenters. The van der Waals surface area contributed by atoms with Crippen molar-refractivity contribution in [2.24, 2.45) is 0 Å². The average molecular weight is 473 g/mol. The standard InChI is InChI=1S/C23H25F2N5O4/c1-34-11-5-10-29(14-19(31)27-18-12-16(24)8-9-17(18)25)20-21(26)30(23(33)28-22(20)32)13-15-6-3-2-4-7-15/h2-4,6-9,12H,5,10-11,13-14,26H2,1H3,(H,27,31)(H,28,32,33). The number of aromatic amines is 1. The van der Waals surface area contributed by atoms with E-state index in [9.17, 15) is 23.2 Å². The van der Waals surface area contributed by atoms with E-state index in [-0.39, 0.29) is 30.3 Å². The zero-order chi connectivity index (χ0) is 24.7. The fourth-order valence-electron chi connectivity index (χ4n) is 3.43. The highest BCUT2D eigenvalue weighted by molar-refractivity contribution is 5.94. The first-order chi connectivity index (χ1) is 16.3. The maximum atomic E-state index is 13.9. The van der Waals surface area contributed by atoms with E-state index >= 15 is 0 Å². The Morgan fingerprint density at radius 1 is 1.18 bits per heavy atom. The Morgan fingerprint density at radius 2 is 1.91 bits per heavy atom. The molecule has 0 aliphatic heterocycles. The van der Waals surface area contributed by atoms with Crippen molar-refractivity contribution in [2.45, 2.75) is 13.0 Å². The molecule has 180 valence electrons. The van der Waals surface area contributed by atoms with Crippen LogP contribution in [0, 0.1) is 11.6 Å². The summed E-state index contributed by atoms with van der Waals surface area (Å²) in [5.41, 5.74) is 5.13. The van der Waals surface area contributed by atoms with Crippen LogP contribution >= 0.6 is 0 Å². The van der Waals surface area contributed by atoms with Crippen LogP contribution < -0.4 is 27.2 Å². The zero-order valence-electron chi connectivity index (χ0n) is 18.5. The summed E-state index contributed by atoms with van der Waals surface area (Å²) < 4.78 is 33.7. The summed E-state index contributed by atoms with van der Waals surface area (Å²) in [5.74, 6) is -2.36. The van der Waals surface area contributed by atoms with Crippen molar-refractivity contribution in [3.63, 3.8) is 0 Å². The van der Waals surface area contributed by atoms with Crippen LogP contribution in [-0.2, 0) is 16.1 Å². The second-order valence-corrected chi connectivity index (χ2v) is 7.51. The maximum Gasteiger partial charge on any atom is 0.330 e. The number of nitrogens with two attached hydrogens (primary N) is 1. The molecule has 2 aromatic carbocycles. The highest BCUT2D eigenvalue weighted by Crippen LogP contribution is 2.19. The van der Waals surface area contributed by atoms with Crippen LogP contribution in [0.3, 0.4) is 0 Å². The predicted molar refractivity (Wildman–Crippen MR) is 125 cm³/mol. The number of nitrogen functional groups attached to an aromatic ring is 1. The number of ether oxygens (including phenoxy) is 1. The molecule has 0 fully saturated rings. The van der Waals surface area contributed by atoms with E-state index in [0.29, 0.717) is 13.0 Å². The van der Waals surface area contributed by atoms with Gasteiger partial charge in [0.05, 0.1) is 18.8 Å². The first-order valence-corrected chi connectivity index (χ1v) is 10.5. The lowest BCUT2D eigenvalue weighted by Gasteiger charge is -2.25. The third-order valence-electron chi connectivity index (χ3n) is 5.03. The van der Waals surface area contributed by atoms with Crippen molar-refractivity contribution in [1.82, 2.24) is 9.55 Å². The van der Waals surface area contributed by atoms with Gasteiger partial charge in [-0.25, -0.2) is 13.6 Å². The van der Waals surface area contributed by atoms with Gasteiger partial charge in [0.25, 0.3) is 5.56 Å². The van der Waals surface area contributed by atoms with Crippen LogP contribution in [0.25, 0.3) is 0 Å². The predicted octanol–water partition coefficient (Wildman–Crippen LogP) is 1.93. The molecule has 0 bridgehead atoms. The van der Waals surface area contributed by atoms with E-state index in [1.807, 2.05) is 6.07 Å². The van der Waals surface area contributed by atoms with Crippen molar-refractivity contribution < 1.29 is 18.3 Å². The number of hydrogen-bond acceptors (Lipinski definition) is 6. The Balaban J connectivity index is 1.93. The fourth-order valence-corrected chi connectivity index (χ4v) is 3.43. The molecule has 0 aliphatic rings. The summed E-state index contributed by atoms with van der Waals surface area (Å²) in [4.78, 5) is 41.5. The van der Waals surface area contributed by atoms with Gasteiger partial charge in [0.1, 0.15) is 23.1 Å². The Bertz CT molecular complexity index is 1260. The van der Waals surface area contributed by atoms with Gasteiger partial charge in [-0.05, 0) is 24.1 Å². The molecule has 0 radical (unpaired) electrons. The molecule has 9 nitrogen and oxygen atoms in total. The number of hydrogen-bond donors (Lipinski definition) is 3. The largest absolute Gasteiger partial charge is 0.385 e. The molecule has 0 saturated carbocycles. The maximum absolute atomic E-state index is 13.9. The van der Waals surface area contributed by atoms with E-state index in [2.05, 4.69) is 10.3 Å². The lowest BCUT2D eigenvalue weighted by molar-refractivity contribution is -0.115. The van der Waals surface area contributed by atoms with Gasteiger partial charge in [0.2, 0.25) is 5.91 Å². The highest BCUT2D eigenvalue weighted by atomic mass is 19.1. The summed E-state index contributed by atoms with van der Waals surface area (Å²) in [5, 5.41) is 2.30. The number of rotatable bonds is 10. The minimum absolute atomic E-state index is 0.0819. The van der Waals surface area contributed by atoms with E-state index in [1.54, 1.807) is 24.3 Å². The quantitative estimate of drug-likeness (QED) is 0.387. The molecule has 1 aromatic heterocycles. The van der Waals surface area contributed by atoms with Gasteiger partial charge in [0, 0.05) is 26.3 Å². The van der Waals surface area contributed by atoms with E-state index in [0.717, 1.165) is 23.8 Å². The second kappa shape index (κ2) is 11.2. The van der Waals surface area contributed by atoms with Crippen molar-refractivity contribution in [2.75, 3.05) is 42.8 Å². The lowest BCUT2D eigenvalue weighted by atomic mass is 10.2. The molecular formula is C23H25F2N5O4. The Morgan fingerprint density at radius 3 is 2.62 bits per heavy atom. The number of halogens is 2. The number of methoxy groups -OCH3 is 1. The first kappa shape index (κ1) is 24.6.